The second kappa shape index (κ2) is 8.34. The lowest BCUT2D eigenvalue weighted by molar-refractivity contribution is -0.123. The highest BCUT2D eigenvalue weighted by atomic mass is 19.1. The van der Waals surface area contributed by atoms with Crippen LogP contribution < -0.4 is 14.8 Å². The summed E-state index contributed by atoms with van der Waals surface area (Å²) in [6, 6.07) is 7.36. The molecule has 1 aliphatic rings. The number of methoxy groups -OCH3 is 1. The lowest BCUT2D eigenvalue weighted by Crippen LogP contribution is -2.28. The molecule has 152 valence electrons. The van der Waals surface area contributed by atoms with E-state index in [9.17, 15) is 19.1 Å². The van der Waals surface area contributed by atoms with Crippen LogP contribution in [-0.2, 0) is 4.79 Å². The first kappa shape index (κ1) is 20.4. The zero-order valence-corrected chi connectivity index (χ0v) is 16.4. The number of hydrogen-bond donors (Lipinski definition) is 2. The number of phenolic OH excluding ortho intramolecular Hbond substituents is 1. The van der Waals surface area contributed by atoms with Gasteiger partial charge in [-0.2, -0.15) is 0 Å². The predicted molar refractivity (Wildman–Crippen MR) is 106 cm³/mol. The van der Waals surface area contributed by atoms with E-state index >= 15 is 0 Å². The van der Waals surface area contributed by atoms with Crippen molar-refractivity contribution >= 4 is 17.8 Å². The third-order valence-electron chi connectivity index (χ3n) is 4.80. The maximum absolute atomic E-state index is 14.2. The zero-order valence-electron chi connectivity index (χ0n) is 16.4. The Kier molecular flexibility index (Phi) is 5.87. The highest BCUT2D eigenvalue weighted by Crippen LogP contribution is 2.43. The fourth-order valence-corrected chi connectivity index (χ4v) is 3.40. The molecule has 2 aromatic rings. The Labute approximate surface area is 168 Å². The lowest BCUT2D eigenvalue weighted by atomic mass is 9.97. The summed E-state index contributed by atoms with van der Waals surface area (Å²) >= 11 is 0. The van der Waals surface area contributed by atoms with Gasteiger partial charge in [-0.1, -0.05) is 13.0 Å². The zero-order chi connectivity index (χ0) is 21.1. The molecule has 29 heavy (non-hydrogen) atoms. The maximum atomic E-state index is 14.2. The molecule has 2 N–H and O–H groups in total. The molecule has 0 aliphatic heterocycles. The lowest BCUT2D eigenvalue weighted by Gasteiger charge is -2.12. The van der Waals surface area contributed by atoms with E-state index in [1.54, 1.807) is 31.2 Å². The smallest absolute Gasteiger partial charge is 0.257 e. The Morgan fingerprint density at radius 2 is 2.03 bits per heavy atom. The van der Waals surface area contributed by atoms with E-state index in [0.29, 0.717) is 29.2 Å². The van der Waals surface area contributed by atoms with Crippen molar-refractivity contribution in [3.8, 4) is 17.2 Å². The van der Waals surface area contributed by atoms with Crippen LogP contribution in [0.25, 0.3) is 6.08 Å². The van der Waals surface area contributed by atoms with Crippen molar-refractivity contribution in [2.75, 3.05) is 20.3 Å². The first-order valence-corrected chi connectivity index (χ1v) is 9.22. The molecule has 0 saturated heterocycles. The summed E-state index contributed by atoms with van der Waals surface area (Å²) in [7, 11) is 1.47. The van der Waals surface area contributed by atoms with Gasteiger partial charge in [-0.25, -0.2) is 4.39 Å². The van der Waals surface area contributed by atoms with Crippen LogP contribution in [0.15, 0.2) is 35.9 Å². The number of likely N-dealkylation sites (N-methyl/N-ethyl adjacent to an activating group) is 1. The van der Waals surface area contributed by atoms with Crippen LogP contribution in [0.3, 0.4) is 0 Å². The minimum atomic E-state index is -0.520. The molecule has 0 fully saturated rings. The molecule has 1 aliphatic carbocycles. The topological polar surface area (TPSA) is 84.9 Å². The molecule has 6 nitrogen and oxygen atoms in total. The molecule has 0 saturated carbocycles. The van der Waals surface area contributed by atoms with Crippen LogP contribution in [0, 0.1) is 5.82 Å². The normalized spacial score (nSPS) is 16.6. The number of allylic oxidation sites excluding steroid dienone is 1. The third kappa shape index (κ3) is 3.94. The Morgan fingerprint density at radius 3 is 2.69 bits per heavy atom. The van der Waals surface area contributed by atoms with Gasteiger partial charge in [0, 0.05) is 23.6 Å². The Balaban J connectivity index is 1.89. The highest BCUT2D eigenvalue weighted by Gasteiger charge is 2.36. The number of nitrogens with one attached hydrogen (secondary N) is 1. The van der Waals surface area contributed by atoms with Crippen molar-refractivity contribution < 1.29 is 28.6 Å². The number of phenols is 1. The van der Waals surface area contributed by atoms with Crippen molar-refractivity contribution in [3.05, 3.63) is 58.4 Å². The van der Waals surface area contributed by atoms with Crippen molar-refractivity contribution in [2.24, 2.45) is 0 Å². The first-order chi connectivity index (χ1) is 13.9. The van der Waals surface area contributed by atoms with Crippen LogP contribution in [0.2, 0.25) is 0 Å². The molecule has 0 unspecified atom stereocenters. The maximum Gasteiger partial charge on any atom is 0.257 e. The van der Waals surface area contributed by atoms with Crippen LogP contribution in [0.1, 0.15) is 41.3 Å². The number of hydrogen-bond acceptors (Lipinski definition) is 5. The van der Waals surface area contributed by atoms with Crippen LogP contribution >= 0.6 is 0 Å². The molecule has 3 rings (SSSR count). The summed E-state index contributed by atoms with van der Waals surface area (Å²) in [5.41, 5.74) is 1.24. The van der Waals surface area contributed by atoms with E-state index in [2.05, 4.69) is 5.32 Å². The van der Waals surface area contributed by atoms with E-state index in [0.717, 1.165) is 6.07 Å². The monoisotopic (exact) mass is 399 g/mol. The van der Waals surface area contributed by atoms with Gasteiger partial charge in [0.25, 0.3) is 5.91 Å². The molecule has 0 radical (unpaired) electrons. The van der Waals surface area contributed by atoms with Gasteiger partial charge in [0.1, 0.15) is 11.6 Å². The number of carbonyl (C=O) groups excluding carboxylic acids is 2. The molecule has 2 aromatic carbocycles. The quantitative estimate of drug-likeness (QED) is 0.727. The number of Topliss-reactive ketones (excluding diaryl/α,β-unsaturated/α-hetero) is 1. The fourth-order valence-electron chi connectivity index (χ4n) is 3.40. The summed E-state index contributed by atoms with van der Waals surface area (Å²) in [6.45, 7) is 3.90. The molecular weight excluding hydrogens is 377 g/mol. The summed E-state index contributed by atoms with van der Waals surface area (Å²) in [5, 5.41) is 12.6. The Hall–Kier alpha value is -3.35. The second-order valence-electron chi connectivity index (χ2n) is 6.66. The number of rotatable bonds is 6. The first-order valence-electron chi connectivity index (χ1n) is 9.22. The van der Waals surface area contributed by atoms with Gasteiger partial charge < -0.3 is 19.9 Å². The number of ketones is 1. The highest BCUT2D eigenvalue weighted by molar-refractivity contribution is 6.18. The summed E-state index contributed by atoms with van der Waals surface area (Å²) < 4.78 is 25.0. The molecule has 7 heteroatoms. The van der Waals surface area contributed by atoms with Crippen LogP contribution in [0.4, 0.5) is 4.39 Å². The van der Waals surface area contributed by atoms with E-state index < -0.39 is 17.5 Å². The van der Waals surface area contributed by atoms with Crippen molar-refractivity contribution in [3.63, 3.8) is 0 Å². The molecule has 0 heterocycles. The predicted octanol–water partition coefficient (Wildman–Crippen LogP) is 3.44. The van der Waals surface area contributed by atoms with E-state index in [4.69, 9.17) is 9.47 Å². The van der Waals surface area contributed by atoms with Crippen molar-refractivity contribution in [2.45, 2.75) is 19.8 Å². The van der Waals surface area contributed by atoms with Gasteiger partial charge in [-0.05, 0) is 42.8 Å². The second-order valence-corrected chi connectivity index (χ2v) is 6.66. The molecule has 1 atom stereocenters. The van der Waals surface area contributed by atoms with E-state index in [-0.39, 0.29) is 29.4 Å². The summed E-state index contributed by atoms with van der Waals surface area (Å²) in [5.74, 6) is -1.11. The molecule has 0 aromatic heterocycles. The van der Waals surface area contributed by atoms with Crippen LogP contribution in [-0.4, -0.2) is 37.1 Å². The number of amides is 1. The number of benzene rings is 2. The van der Waals surface area contributed by atoms with Gasteiger partial charge in [0.2, 0.25) is 0 Å². The van der Waals surface area contributed by atoms with Gasteiger partial charge in [-0.3, -0.25) is 9.59 Å². The minimum Gasteiger partial charge on any atom is -0.507 e. The van der Waals surface area contributed by atoms with E-state index in [1.807, 2.05) is 6.92 Å². The third-order valence-corrected chi connectivity index (χ3v) is 4.80. The average Bonchev–Trinajstić information content (AvgIpc) is 2.95. The fraction of sp³-hybridized carbons (Fsp3) is 0.273. The van der Waals surface area contributed by atoms with Gasteiger partial charge in [0.05, 0.1) is 12.7 Å². The molecular formula is C22H22FNO5. The standard InChI is InChI=1S/C22H22FNO5/c1-4-24-19(26)11-29-17-8-5-13(10-18(17)28-3)9-14-12(2)20-15(23)6-7-16(25)21(20)22(14)27/h5-10,12,25H,4,11H2,1-3H3,(H,24,26)/b14-9-/t12-/m1/s1. The summed E-state index contributed by atoms with van der Waals surface area (Å²) in [6.07, 6.45) is 1.64. The molecule has 0 spiro atoms. The number of carbonyl (C=O) groups is 2. The number of fused-ring (bicyclic) bond motifs is 1. The minimum absolute atomic E-state index is 0.0117. The van der Waals surface area contributed by atoms with Crippen molar-refractivity contribution in [1.82, 2.24) is 5.32 Å². The van der Waals surface area contributed by atoms with Gasteiger partial charge in [0.15, 0.2) is 23.9 Å². The molecule has 0 bridgehead atoms. The SMILES string of the molecule is CCNC(=O)COc1ccc(/C=C2\C(=O)c3c(O)ccc(F)c3[C@@H]2C)cc1OC. The van der Waals surface area contributed by atoms with Crippen LogP contribution in [0.5, 0.6) is 17.2 Å². The molecule has 1 amide bonds. The van der Waals surface area contributed by atoms with E-state index in [1.165, 1.54) is 13.2 Å². The van der Waals surface area contributed by atoms with Crippen molar-refractivity contribution in [1.29, 1.82) is 0 Å². The van der Waals surface area contributed by atoms with Gasteiger partial charge >= 0.3 is 0 Å². The summed E-state index contributed by atoms with van der Waals surface area (Å²) in [4.78, 5) is 24.3. The number of aromatic hydroxyl groups is 1. The van der Waals surface area contributed by atoms with Gasteiger partial charge in [-0.15, -0.1) is 0 Å². The Bertz CT molecular complexity index is 999. The average molecular weight is 399 g/mol. The number of ether oxygens (including phenoxy) is 2. The Morgan fingerprint density at radius 1 is 1.28 bits per heavy atom. The number of halogens is 1. The largest absolute Gasteiger partial charge is 0.507 e.